The fraction of sp³-hybridized carbons (Fsp3) is 0.727. The first-order valence-electron chi connectivity index (χ1n) is 5.09. The average Bonchev–Trinajstić information content (AvgIpc) is 2.00. The molecule has 0 aromatic rings. The third-order valence-electron chi connectivity index (χ3n) is 1.99. The first-order chi connectivity index (χ1) is 6.82. The summed E-state index contributed by atoms with van der Waals surface area (Å²) in [6.45, 7) is 5.28. The van der Waals surface area contributed by atoms with Crippen molar-refractivity contribution in [3.05, 3.63) is 0 Å². The molecule has 1 N–H and O–H groups in total. The number of hydrogen-bond donors (Lipinski definition) is 1. The molecule has 0 aromatic carbocycles. The van der Waals surface area contributed by atoms with E-state index in [9.17, 15) is 14.4 Å². The molecule has 0 bridgehead atoms. The van der Waals surface area contributed by atoms with Gasteiger partial charge in [-0.15, -0.1) is 0 Å². The van der Waals surface area contributed by atoms with Crippen molar-refractivity contribution in [1.29, 1.82) is 0 Å². The number of carbonyl (C=O) groups excluding carboxylic acids is 2. The molecule has 16 heavy (non-hydrogen) atoms. The third kappa shape index (κ3) is 8.74. The van der Waals surface area contributed by atoms with Gasteiger partial charge in [-0.3, -0.25) is 14.4 Å². The van der Waals surface area contributed by atoms with E-state index in [0.717, 1.165) is 0 Å². The van der Waals surface area contributed by atoms with Gasteiger partial charge in [0, 0.05) is 32.9 Å². The van der Waals surface area contributed by atoms with Gasteiger partial charge in [0.25, 0.3) is 0 Å². The van der Waals surface area contributed by atoms with E-state index >= 15 is 0 Å². The third-order valence-corrected chi connectivity index (χ3v) is 1.99. The van der Waals surface area contributed by atoms with Crippen LogP contribution in [-0.4, -0.2) is 22.6 Å². The van der Waals surface area contributed by atoms with E-state index in [2.05, 4.69) is 0 Å². The van der Waals surface area contributed by atoms with E-state index in [1.54, 1.807) is 0 Å². The van der Waals surface area contributed by atoms with Crippen molar-refractivity contribution in [3.8, 4) is 0 Å². The normalized spacial score (nSPS) is 11.8. The summed E-state index contributed by atoms with van der Waals surface area (Å²) in [5.74, 6) is -1.85. The van der Waals surface area contributed by atoms with Gasteiger partial charge in [-0.2, -0.15) is 0 Å². The second kappa shape index (κ2) is 8.59. The van der Waals surface area contributed by atoms with Gasteiger partial charge in [0.15, 0.2) is 0 Å². The summed E-state index contributed by atoms with van der Waals surface area (Å²) in [5.41, 5.74) is 0. The second-order valence-electron chi connectivity index (χ2n) is 4.30. The Hall–Kier alpha value is -0.541. The van der Waals surface area contributed by atoms with Crippen molar-refractivity contribution in [2.45, 2.75) is 40.0 Å². The zero-order valence-electron chi connectivity index (χ0n) is 9.78. The Morgan fingerprint density at radius 2 is 1.44 bits per heavy atom. The number of aliphatic carboxylic acids is 1. The van der Waals surface area contributed by atoms with Crippen molar-refractivity contribution in [3.63, 3.8) is 0 Å². The minimum Gasteiger partial charge on any atom is -0.481 e. The van der Waals surface area contributed by atoms with Gasteiger partial charge in [0.1, 0.15) is 11.6 Å². The van der Waals surface area contributed by atoms with Crippen LogP contribution in [0.4, 0.5) is 0 Å². The molecule has 0 saturated heterocycles. The summed E-state index contributed by atoms with van der Waals surface area (Å²) in [5, 5.41) is 8.57. The van der Waals surface area contributed by atoms with E-state index in [-0.39, 0.29) is 50.4 Å². The Morgan fingerprint density at radius 1 is 1.00 bits per heavy atom. The number of ketones is 2. The Bertz CT molecular complexity index is 261. The van der Waals surface area contributed by atoms with Crippen molar-refractivity contribution in [2.75, 3.05) is 0 Å². The van der Waals surface area contributed by atoms with Crippen molar-refractivity contribution < 1.29 is 39.6 Å². The zero-order chi connectivity index (χ0) is 12.0. The molecule has 95 valence electrons. The fourth-order valence-corrected chi connectivity index (χ4v) is 1.25. The van der Waals surface area contributed by atoms with Gasteiger partial charge in [-0.05, 0) is 5.92 Å². The standard InChI is InChI=1S/C11H18O4.Ir/c1-7(2)4-9(12)6-10(13)5-8(3)11(14)15;/h7-8H,4-6H2,1-3H3,(H,14,15);. The number of Topliss-reactive ketones (excluding diaryl/α,β-unsaturated/α-hetero) is 2. The predicted octanol–water partition coefficient (Wildman–Crippen LogP) is 1.67. The molecule has 5 heteroatoms. The zero-order valence-corrected chi connectivity index (χ0v) is 12.2. The van der Waals surface area contributed by atoms with Crippen LogP contribution in [0.3, 0.4) is 0 Å². The second-order valence-corrected chi connectivity index (χ2v) is 4.30. The van der Waals surface area contributed by atoms with Crippen molar-refractivity contribution >= 4 is 17.5 Å². The van der Waals surface area contributed by atoms with Crippen LogP contribution in [0.1, 0.15) is 40.0 Å². The summed E-state index contributed by atoms with van der Waals surface area (Å²) >= 11 is 0. The first-order valence-corrected chi connectivity index (χ1v) is 5.09. The molecule has 4 nitrogen and oxygen atoms in total. The quantitative estimate of drug-likeness (QED) is 0.653. The molecule has 0 saturated carbocycles. The summed E-state index contributed by atoms with van der Waals surface area (Å²) in [7, 11) is 0. The van der Waals surface area contributed by atoms with Crippen LogP contribution in [0.15, 0.2) is 0 Å². The number of carboxylic acid groups (broad SMARTS) is 1. The molecule has 1 unspecified atom stereocenters. The molecular formula is C11H18IrO4. The smallest absolute Gasteiger partial charge is 0.306 e. The number of carbonyl (C=O) groups is 3. The summed E-state index contributed by atoms with van der Waals surface area (Å²) in [6, 6.07) is 0. The Labute approximate surface area is 109 Å². The maximum Gasteiger partial charge on any atom is 0.306 e. The average molecular weight is 406 g/mol. The van der Waals surface area contributed by atoms with Crippen LogP contribution in [0.25, 0.3) is 0 Å². The molecule has 1 atom stereocenters. The van der Waals surface area contributed by atoms with Gasteiger partial charge >= 0.3 is 5.97 Å². The van der Waals surface area contributed by atoms with Crippen LogP contribution in [0, 0.1) is 11.8 Å². The molecule has 0 heterocycles. The van der Waals surface area contributed by atoms with E-state index in [0.29, 0.717) is 6.42 Å². The molecule has 0 spiro atoms. The van der Waals surface area contributed by atoms with Crippen LogP contribution in [0.5, 0.6) is 0 Å². The van der Waals surface area contributed by atoms with E-state index in [4.69, 9.17) is 5.11 Å². The Kier molecular flexibility index (Phi) is 9.58. The maximum atomic E-state index is 11.3. The molecule has 0 fully saturated rings. The topological polar surface area (TPSA) is 71.4 Å². The van der Waals surface area contributed by atoms with Gasteiger partial charge in [0.05, 0.1) is 12.3 Å². The molecule has 0 aliphatic heterocycles. The molecule has 0 aliphatic rings. The minimum absolute atomic E-state index is 0. The largest absolute Gasteiger partial charge is 0.481 e. The molecule has 1 radical (unpaired) electrons. The predicted molar refractivity (Wildman–Crippen MR) is 55.5 cm³/mol. The van der Waals surface area contributed by atoms with Gasteiger partial charge in [-0.25, -0.2) is 0 Å². The molecule has 0 aromatic heterocycles. The van der Waals surface area contributed by atoms with Gasteiger partial charge in [-0.1, -0.05) is 20.8 Å². The monoisotopic (exact) mass is 407 g/mol. The molecular weight excluding hydrogens is 388 g/mol. The summed E-state index contributed by atoms with van der Waals surface area (Å²) < 4.78 is 0. The van der Waals surface area contributed by atoms with Crippen LogP contribution >= 0.6 is 0 Å². The molecule has 0 rings (SSSR count). The van der Waals surface area contributed by atoms with Gasteiger partial charge < -0.3 is 5.11 Å². The Balaban J connectivity index is 0. The SMILES string of the molecule is CC(C)CC(=O)CC(=O)CC(C)C(=O)O.[Ir]. The number of carboxylic acids is 1. The number of rotatable bonds is 7. The van der Waals surface area contributed by atoms with Crippen molar-refractivity contribution in [1.82, 2.24) is 0 Å². The molecule has 0 aliphatic carbocycles. The minimum atomic E-state index is -1.00. The van der Waals surface area contributed by atoms with E-state index in [1.807, 2.05) is 13.8 Å². The fourth-order valence-electron chi connectivity index (χ4n) is 1.25. The summed E-state index contributed by atoms with van der Waals surface area (Å²) in [4.78, 5) is 33.0. The molecule has 0 amide bonds. The van der Waals surface area contributed by atoms with E-state index in [1.165, 1.54) is 6.92 Å². The Morgan fingerprint density at radius 3 is 1.81 bits per heavy atom. The van der Waals surface area contributed by atoms with Crippen LogP contribution < -0.4 is 0 Å². The van der Waals surface area contributed by atoms with Crippen LogP contribution in [0.2, 0.25) is 0 Å². The van der Waals surface area contributed by atoms with Gasteiger partial charge in [0.2, 0.25) is 0 Å². The first kappa shape index (κ1) is 17.8. The maximum absolute atomic E-state index is 11.3. The summed E-state index contributed by atoms with van der Waals surface area (Å²) in [6.07, 6.45) is 0.197. The number of hydrogen-bond acceptors (Lipinski definition) is 3. The van der Waals surface area contributed by atoms with Crippen LogP contribution in [-0.2, 0) is 34.5 Å². The van der Waals surface area contributed by atoms with Crippen molar-refractivity contribution in [2.24, 2.45) is 11.8 Å². The van der Waals surface area contributed by atoms with E-state index < -0.39 is 11.9 Å².